The van der Waals surface area contributed by atoms with E-state index in [0.29, 0.717) is 22.1 Å². The molecule has 2 nitrogen and oxygen atoms in total. The van der Waals surface area contributed by atoms with Gasteiger partial charge in [0.15, 0.2) is 0 Å². The van der Waals surface area contributed by atoms with Crippen LogP contribution < -0.4 is 10.2 Å². The van der Waals surface area contributed by atoms with Gasteiger partial charge in [0.05, 0.1) is 15.7 Å². The standard InChI is InChI=1S/C13H17BrCl2N2/c1-8(2)17-10-3-4-18(7-10)13-11(15)5-9(14)6-12(13)16/h5-6,8,10,17H,3-4,7H2,1-2H3. The lowest BCUT2D eigenvalue weighted by atomic mass is 10.2. The van der Waals surface area contributed by atoms with Crippen LogP contribution in [0.3, 0.4) is 0 Å². The molecule has 1 saturated heterocycles. The quantitative estimate of drug-likeness (QED) is 0.871. The molecule has 1 N–H and O–H groups in total. The number of hydrogen-bond donors (Lipinski definition) is 1. The smallest absolute Gasteiger partial charge is 0.0746 e. The van der Waals surface area contributed by atoms with Gasteiger partial charge in [-0.1, -0.05) is 53.0 Å². The van der Waals surface area contributed by atoms with Crippen molar-refractivity contribution in [2.75, 3.05) is 18.0 Å². The molecule has 1 unspecified atom stereocenters. The first-order chi connectivity index (χ1) is 8.47. The number of nitrogens with zero attached hydrogens (tertiary/aromatic N) is 1. The van der Waals surface area contributed by atoms with Crippen molar-refractivity contribution in [1.82, 2.24) is 5.32 Å². The summed E-state index contributed by atoms with van der Waals surface area (Å²) in [6, 6.07) is 4.81. The summed E-state index contributed by atoms with van der Waals surface area (Å²) in [5.74, 6) is 0. The molecule has 1 atom stereocenters. The molecule has 0 saturated carbocycles. The summed E-state index contributed by atoms with van der Waals surface area (Å²) in [6.45, 7) is 6.29. The van der Waals surface area contributed by atoms with E-state index in [1.54, 1.807) is 0 Å². The Bertz CT molecular complexity index is 414. The highest BCUT2D eigenvalue weighted by Crippen LogP contribution is 2.38. The normalized spacial score (nSPS) is 19.9. The largest absolute Gasteiger partial charge is 0.367 e. The second kappa shape index (κ2) is 6.00. The summed E-state index contributed by atoms with van der Waals surface area (Å²) < 4.78 is 0.914. The lowest BCUT2D eigenvalue weighted by Gasteiger charge is -2.22. The van der Waals surface area contributed by atoms with Crippen LogP contribution in [0.2, 0.25) is 10.0 Å². The van der Waals surface area contributed by atoms with Gasteiger partial charge in [0, 0.05) is 29.6 Å². The second-order valence-electron chi connectivity index (χ2n) is 4.97. The topological polar surface area (TPSA) is 15.3 Å². The van der Waals surface area contributed by atoms with Gasteiger partial charge in [-0.3, -0.25) is 0 Å². The Labute approximate surface area is 127 Å². The average molecular weight is 352 g/mol. The van der Waals surface area contributed by atoms with E-state index in [2.05, 4.69) is 40.0 Å². The molecule has 0 bridgehead atoms. The van der Waals surface area contributed by atoms with Crippen LogP contribution in [-0.4, -0.2) is 25.2 Å². The first kappa shape index (κ1) is 14.4. The highest BCUT2D eigenvalue weighted by atomic mass is 79.9. The van der Waals surface area contributed by atoms with Crippen LogP contribution in [0.5, 0.6) is 0 Å². The molecule has 0 radical (unpaired) electrons. The maximum atomic E-state index is 6.29. The minimum absolute atomic E-state index is 0.505. The maximum Gasteiger partial charge on any atom is 0.0746 e. The number of hydrogen-bond acceptors (Lipinski definition) is 2. The van der Waals surface area contributed by atoms with Crippen LogP contribution in [0.15, 0.2) is 16.6 Å². The van der Waals surface area contributed by atoms with Crippen molar-refractivity contribution < 1.29 is 0 Å². The van der Waals surface area contributed by atoms with Crippen molar-refractivity contribution in [3.8, 4) is 0 Å². The molecule has 1 aliphatic rings. The Hall–Kier alpha value is 0.0400. The fourth-order valence-corrected chi connectivity index (χ4v) is 3.86. The average Bonchev–Trinajstić information content (AvgIpc) is 2.63. The molecular formula is C13H17BrCl2N2. The predicted octanol–water partition coefficient (Wildman–Crippen LogP) is 4.33. The minimum Gasteiger partial charge on any atom is -0.367 e. The van der Waals surface area contributed by atoms with E-state index in [-0.39, 0.29) is 0 Å². The lowest BCUT2D eigenvalue weighted by molar-refractivity contribution is 0.492. The van der Waals surface area contributed by atoms with Crippen molar-refractivity contribution in [2.24, 2.45) is 0 Å². The summed E-state index contributed by atoms with van der Waals surface area (Å²) in [7, 11) is 0. The number of benzene rings is 1. The maximum absolute atomic E-state index is 6.29. The predicted molar refractivity (Wildman–Crippen MR) is 83.1 cm³/mol. The van der Waals surface area contributed by atoms with E-state index < -0.39 is 0 Å². The molecule has 100 valence electrons. The van der Waals surface area contributed by atoms with E-state index in [1.165, 1.54) is 0 Å². The summed E-state index contributed by atoms with van der Waals surface area (Å²) in [4.78, 5) is 2.26. The molecule has 18 heavy (non-hydrogen) atoms. The third-order valence-electron chi connectivity index (χ3n) is 3.06. The Morgan fingerprint density at radius 1 is 1.33 bits per heavy atom. The summed E-state index contributed by atoms with van der Waals surface area (Å²) in [6.07, 6.45) is 1.13. The zero-order chi connectivity index (χ0) is 13.3. The van der Waals surface area contributed by atoms with E-state index >= 15 is 0 Å². The Morgan fingerprint density at radius 3 is 2.50 bits per heavy atom. The van der Waals surface area contributed by atoms with Crippen LogP contribution in [-0.2, 0) is 0 Å². The third-order valence-corrected chi connectivity index (χ3v) is 4.09. The van der Waals surface area contributed by atoms with Gasteiger partial charge in [0.2, 0.25) is 0 Å². The Morgan fingerprint density at radius 2 is 1.94 bits per heavy atom. The molecule has 0 aliphatic carbocycles. The molecule has 1 aromatic rings. The van der Waals surface area contributed by atoms with Gasteiger partial charge in [0.1, 0.15) is 0 Å². The van der Waals surface area contributed by atoms with E-state index in [0.717, 1.165) is 29.7 Å². The second-order valence-corrected chi connectivity index (χ2v) is 6.70. The van der Waals surface area contributed by atoms with Gasteiger partial charge in [0.25, 0.3) is 0 Å². The first-order valence-corrected chi connectivity index (χ1v) is 7.68. The van der Waals surface area contributed by atoms with Crippen LogP contribution >= 0.6 is 39.1 Å². The number of nitrogens with one attached hydrogen (secondary N) is 1. The lowest BCUT2D eigenvalue weighted by Crippen LogP contribution is -2.37. The van der Waals surface area contributed by atoms with Gasteiger partial charge >= 0.3 is 0 Å². The van der Waals surface area contributed by atoms with Crippen LogP contribution in [0, 0.1) is 0 Å². The van der Waals surface area contributed by atoms with Gasteiger partial charge in [-0.15, -0.1) is 0 Å². The molecule has 0 aromatic heterocycles. The van der Waals surface area contributed by atoms with Crippen molar-refractivity contribution in [2.45, 2.75) is 32.4 Å². The monoisotopic (exact) mass is 350 g/mol. The highest BCUT2D eigenvalue weighted by Gasteiger charge is 2.26. The van der Waals surface area contributed by atoms with Gasteiger partial charge in [-0.05, 0) is 18.6 Å². The van der Waals surface area contributed by atoms with Crippen LogP contribution in [0.4, 0.5) is 5.69 Å². The van der Waals surface area contributed by atoms with Gasteiger partial charge in [-0.2, -0.15) is 0 Å². The van der Waals surface area contributed by atoms with Crippen molar-refractivity contribution in [3.05, 3.63) is 26.7 Å². The molecule has 1 aliphatic heterocycles. The van der Waals surface area contributed by atoms with Gasteiger partial charge < -0.3 is 10.2 Å². The van der Waals surface area contributed by atoms with Crippen molar-refractivity contribution in [1.29, 1.82) is 0 Å². The van der Waals surface area contributed by atoms with Crippen LogP contribution in [0.25, 0.3) is 0 Å². The fourth-order valence-electron chi connectivity index (χ4n) is 2.41. The van der Waals surface area contributed by atoms with Crippen LogP contribution in [0.1, 0.15) is 20.3 Å². The third kappa shape index (κ3) is 3.32. The van der Waals surface area contributed by atoms with E-state index in [9.17, 15) is 0 Å². The molecule has 2 rings (SSSR count). The van der Waals surface area contributed by atoms with E-state index in [1.807, 2.05) is 12.1 Å². The number of anilines is 1. The summed E-state index contributed by atoms with van der Waals surface area (Å²) in [5, 5.41) is 4.97. The Kier molecular flexibility index (Phi) is 4.81. The summed E-state index contributed by atoms with van der Waals surface area (Å²) >= 11 is 16.0. The number of rotatable bonds is 3. The minimum atomic E-state index is 0.505. The molecule has 5 heteroatoms. The SMILES string of the molecule is CC(C)NC1CCN(c2c(Cl)cc(Br)cc2Cl)C1. The van der Waals surface area contributed by atoms with Crippen molar-refractivity contribution >= 4 is 44.8 Å². The van der Waals surface area contributed by atoms with Gasteiger partial charge in [-0.25, -0.2) is 0 Å². The van der Waals surface area contributed by atoms with E-state index in [4.69, 9.17) is 23.2 Å². The summed E-state index contributed by atoms with van der Waals surface area (Å²) in [5.41, 5.74) is 0.953. The fraction of sp³-hybridized carbons (Fsp3) is 0.538. The molecule has 0 spiro atoms. The molecule has 1 heterocycles. The highest BCUT2D eigenvalue weighted by molar-refractivity contribution is 9.10. The molecule has 1 fully saturated rings. The molecular weight excluding hydrogens is 335 g/mol. The molecule has 1 aromatic carbocycles. The zero-order valence-corrected chi connectivity index (χ0v) is 13.6. The Balaban J connectivity index is 2.14. The molecule has 0 amide bonds. The first-order valence-electron chi connectivity index (χ1n) is 6.13. The van der Waals surface area contributed by atoms with Crippen molar-refractivity contribution in [3.63, 3.8) is 0 Å². The zero-order valence-electron chi connectivity index (χ0n) is 10.5. The number of halogens is 3.